The highest BCUT2D eigenvalue weighted by Crippen LogP contribution is 2.25. The molecule has 0 aromatic heterocycles. The summed E-state index contributed by atoms with van der Waals surface area (Å²) in [6.07, 6.45) is 0.876. The summed E-state index contributed by atoms with van der Waals surface area (Å²) in [7, 11) is 0. The molecule has 0 fully saturated rings. The number of rotatable bonds is 4. The zero-order valence-corrected chi connectivity index (χ0v) is 9.40. The van der Waals surface area contributed by atoms with Gasteiger partial charge in [0.15, 0.2) is 0 Å². The summed E-state index contributed by atoms with van der Waals surface area (Å²) in [5.41, 5.74) is 7.48. The lowest BCUT2D eigenvalue weighted by Crippen LogP contribution is -2.06. The first-order chi connectivity index (χ1) is 6.65. The monoisotopic (exact) mass is 213 g/mol. The lowest BCUT2D eigenvalue weighted by molar-refractivity contribution is 0.313. The van der Waals surface area contributed by atoms with E-state index in [-0.39, 0.29) is 0 Å². The van der Waals surface area contributed by atoms with E-state index in [1.54, 1.807) is 0 Å². The number of halogens is 1. The summed E-state index contributed by atoms with van der Waals surface area (Å²) in [6.45, 7) is 5.28. The fourth-order valence-corrected chi connectivity index (χ4v) is 1.37. The minimum atomic E-state index is 0.658. The number of hydrogen-bond acceptors (Lipinski definition) is 2. The van der Waals surface area contributed by atoms with Gasteiger partial charge in [-0.05, 0) is 50.1 Å². The van der Waals surface area contributed by atoms with Crippen LogP contribution in [-0.4, -0.2) is 13.2 Å². The predicted octanol–water partition coefficient (Wildman–Crippen LogP) is 2.68. The number of nitrogens with two attached hydrogens (primary N) is 1. The Bertz CT molecular complexity index is 289. The standard InChI is InChI=1S/C11H16ClNO/c1-8-6-10(14-5-3-4-13)7-9(2)11(8)12/h6-7H,3-5,13H2,1-2H3. The van der Waals surface area contributed by atoms with Gasteiger partial charge in [-0.25, -0.2) is 0 Å². The lowest BCUT2D eigenvalue weighted by Gasteiger charge is -2.09. The molecular weight excluding hydrogens is 198 g/mol. The molecule has 0 heterocycles. The van der Waals surface area contributed by atoms with Gasteiger partial charge in [0, 0.05) is 5.02 Å². The van der Waals surface area contributed by atoms with Crippen LogP contribution in [0.3, 0.4) is 0 Å². The van der Waals surface area contributed by atoms with Crippen molar-refractivity contribution < 1.29 is 4.74 Å². The second-order valence-electron chi connectivity index (χ2n) is 3.36. The van der Waals surface area contributed by atoms with Gasteiger partial charge in [0.2, 0.25) is 0 Å². The maximum Gasteiger partial charge on any atom is 0.119 e. The van der Waals surface area contributed by atoms with Crippen molar-refractivity contribution in [1.29, 1.82) is 0 Å². The molecule has 0 unspecified atom stereocenters. The quantitative estimate of drug-likeness (QED) is 0.781. The maximum atomic E-state index is 6.04. The molecule has 0 bridgehead atoms. The van der Waals surface area contributed by atoms with E-state index in [4.69, 9.17) is 22.1 Å². The van der Waals surface area contributed by atoms with Crippen LogP contribution in [0.15, 0.2) is 12.1 Å². The summed E-state index contributed by atoms with van der Waals surface area (Å²) in [6, 6.07) is 3.90. The highest BCUT2D eigenvalue weighted by molar-refractivity contribution is 6.32. The molecule has 0 saturated heterocycles. The fraction of sp³-hybridized carbons (Fsp3) is 0.455. The van der Waals surface area contributed by atoms with E-state index in [0.717, 1.165) is 28.3 Å². The lowest BCUT2D eigenvalue weighted by atomic mass is 10.1. The minimum absolute atomic E-state index is 0.658. The van der Waals surface area contributed by atoms with Gasteiger partial charge in [0.05, 0.1) is 6.61 Å². The number of ether oxygens (including phenoxy) is 1. The molecule has 3 heteroatoms. The van der Waals surface area contributed by atoms with Gasteiger partial charge in [0.1, 0.15) is 5.75 Å². The molecule has 0 aliphatic rings. The van der Waals surface area contributed by atoms with E-state index in [0.29, 0.717) is 13.2 Å². The number of benzene rings is 1. The molecule has 0 aliphatic carbocycles. The zero-order chi connectivity index (χ0) is 10.6. The van der Waals surface area contributed by atoms with Crippen LogP contribution in [0.2, 0.25) is 5.02 Å². The van der Waals surface area contributed by atoms with Crippen molar-refractivity contribution >= 4 is 11.6 Å². The van der Waals surface area contributed by atoms with Crippen LogP contribution in [-0.2, 0) is 0 Å². The van der Waals surface area contributed by atoms with Gasteiger partial charge >= 0.3 is 0 Å². The number of aryl methyl sites for hydroxylation is 2. The van der Waals surface area contributed by atoms with Crippen molar-refractivity contribution in [2.24, 2.45) is 5.73 Å². The first kappa shape index (κ1) is 11.3. The van der Waals surface area contributed by atoms with Crippen LogP contribution in [0.5, 0.6) is 5.75 Å². The summed E-state index contributed by atoms with van der Waals surface area (Å²) in [5.74, 6) is 0.873. The van der Waals surface area contributed by atoms with Crippen LogP contribution in [0.1, 0.15) is 17.5 Å². The first-order valence-corrected chi connectivity index (χ1v) is 5.12. The Morgan fingerprint density at radius 2 is 1.86 bits per heavy atom. The van der Waals surface area contributed by atoms with E-state index < -0.39 is 0 Å². The van der Waals surface area contributed by atoms with E-state index in [1.807, 2.05) is 26.0 Å². The van der Waals surface area contributed by atoms with Crippen LogP contribution in [0.25, 0.3) is 0 Å². The summed E-state index contributed by atoms with van der Waals surface area (Å²) in [4.78, 5) is 0. The van der Waals surface area contributed by atoms with E-state index in [2.05, 4.69) is 0 Å². The predicted molar refractivity (Wildman–Crippen MR) is 60.1 cm³/mol. The van der Waals surface area contributed by atoms with Crippen molar-refractivity contribution in [3.05, 3.63) is 28.3 Å². The highest BCUT2D eigenvalue weighted by Gasteiger charge is 2.02. The molecule has 0 saturated carbocycles. The normalized spacial score (nSPS) is 10.3. The molecule has 0 atom stereocenters. The highest BCUT2D eigenvalue weighted by atomic mass is 35.5. The maximum absolute atomic E-state index is 6.04. The van der Waals surface area contributed by atoms with Gasteiger partial charge in [-0.1, -0.05) is 11.6 Å². The van der Waals surface area contributed by atoms with Crippen molar-refractivity contribution in [3.8, 4) is 5.75 Å². The molecule has 0 aliphatic heterocycles. The molecule has 2 N–H and O–H groups in total. The van der Waals surface area contributed by atoms with Crippen LogP contribution in [0.4, 0.5) is 0 Å². The van der Waals surface area contributed by atoms with E-state index >= 15 is 0 Å². The Kier molecular flexibility index (Phi) is 4.23. The van der Waals surface area contributed by atoms with Crippen LogP contribution in [0, 0.1) is 13.8 Å². The zero-order valence-electron chi connectivity index (χ0n) is 8.64. The smallest absolute Gasteiger partial charge is 0.119 e. The van der Waals surface area contributed by atoms with E-state index in [1.165, 1.54) is 0 Å². The van der Waals surface area contributed by atoms with Gasteiger partial charge < -0.3 is 10.5 Å². The third-order valence-electron chi connectivity index (χ3n) is 2.03. The average molecular weight is 214 g/mol. The SMILES string of the molecule is Cc1cc(OCCCN)cc(C)c1Cl. The van der Waals surface area contributed by atoms with Gasteiger partial charge in [-0.2, -0.15) is 0 Å². The molecule has 1 aromatic carbocycles. The second kappa shape index (κ2) is 5.23. The Balaban J connectivity index is 2.69. The molecular formula is C11H16ClNO. The van der Waals surface area contributed by atoms with Gasteiger partial charge in [0.25, 0.3) is 0 Å². The Hall–Kier alpha value is -0.730. The molecule has 0 spiro atoms. The Morgan fingerprint density at radius 3 is 2.36 bits per heavy atom. The number of hydrogen-bond donors (Lipinski definition) is 1. The van der Waals surface area contributed by atoms with Crippen LogP contribution < -0.4 is 10.5 Å². The van der Waals surface area contributed by atoms with Crippen LogP contribution >= 0.6 is 11.6 Å². The van der Waals surface area contributed by atoms with Crippen molar-refractivity contribution in [1.82, 2.24) is 0 Å². The van der Waals surface area contributed by atoms with Crippen molar-refractivity contribution in [3.63, 3.8) is 0 Å². The molecule has 0 amide bonds. The summed E-state index contributed by atoms with van der Waals surface area (Å²) >= 11 is 6.04. The third kappa shape index (κ3) is 2.89. The summed E-state index contributed by atoms with van der Waals surface area (Å²) < 4.78 is 5.52. The summed E-state index contributed by atoms with van der Waals surface area (Å²) in [5, 5.41) is 0.816. The van der Waals surface area contributed by atoms with Crippen molar-refractivity contribution in [2.75, 3.05) is 13.2 Å². The third-order valence-corrected chi connectivity index (χ3v) is 2.62. The fourth-order valence-electron chi connectivity index (χ4n) is 1.26. The first-order valence-electron chi connectivity index (χ1n) is 4.74. The molecule has 1 aromatic rings. The topological polar surface area (TPSA) is 35.2 Å². The van der Waals surface area contributed by atoms with E-state index in [9.17, 15) is 0 Å². The minimum Gasteiger partial charge on any atom is -0.494 e. The Labute approximate surface area is 90.0 Å². The second-order valence-corrected chi connectivity index (χ2v) is 3.74. The largest absolute Gasteiger partial charge is 0.494 e. The van der Waals surface area contributed by atoms with Crippen molar-refractivity contribution in [2.45, 2.75) is 20.3 Å². The Morgan fingerprint density at radius 1 is 1.29 bits per heavy atom. The molecule has 0 radical (unpaired) electrons. The average Bonchev–Trinajstić information content (AvgIpc) is 2.14. The molecule has 78 valence electrons. The molecule has 14 heavy (non-hydrogen) atoms. The molecule has 2 nitrogen and oxygen atoms in total. The molecule has 1 rings (SSSR count). The van der Waals surface area contributed by atoms with Gasteiger partial charge in [-0.15, -0.1) is 0 Å². The van der Waals surface area contributed by atoms with Gasteiger partial charge in [-0.3, -0.25) is 0 Å².